The molecule has 0 atom stereocenters. The molecule has 4 aromatic rings. The van der Waals surface area contributed by atoms with Gasteiger partial charge in [-0.05, 0) is 55.5 Å². The highest BCUT2D eigenvalue weighted by atomic mass is 79.9. The zero-order valence-electron chi connectivity index (χ0n) is 16.9. The number of fused-ring (bicyclic) bond motifs is 3. The van der Waals surface area contributed by atoms with E-state index >= 15 is 0 Å². The second-order valence-corrected chi connectivity index (χ2v) is 7.86. The number of anilines is 1. The average molecular weight is 481 g/mol. The van der Waals surface area contributed by atoms with Crippen LogP contribution in [0.15, 0.2) is 71.2 Å². The lowest BCUT2D eigenvalue weighted by molar-refractivity contribution is -0.149. The zero-order chi connectivity index (χ0) is 21.8. The summed E-state index contributed by atoms with van der Waals surface area (Å²) in [6, 6.07) is 21.1. The number of esters is 1. The fraction of sp³-hybridized carbons (Fsp3) is 0.167. The fourth-order valence-corrected chi connectivity index (χ4v) is 3.79. The maximum atomic E-state index is 12.3. The molecular weight excluding hydrogens is 460 g/mol. The van der Waals surface area contributed by atoms with Crippen LogP contribution in [0.1, 0.15) is 6.92 Å². The van der Waals surface area contributed by atoms with Crippen LogP contribution < -0.4 is 10.1 Å². The maximum absolute atomic E-state index is 12.3. The van der Waals surface area contributed by atoms with Crippen LogP contribution in [0.2, 0.25) is 0 Å². The van der Waals surface area contributed by atoms with Crippen molar-refractivity contribution in [2.45, 2.75) is 13.5 Å². The molecule has 0 aliphatic carbocycles. The van der Waals surface area contributed by atoms with E-state index < -0.39 is 11.9 Å². The highest BCUT2D eigenvalue weighted by Gasteiger charge is 2.12. The molecule has 0 saturated carbocycles. The quantitative estimate of drug-likeness (QED) is 0.372. The predicted octanol–water partition coefficient (Wildman–Crippen LogP) is 5.14. The van der Waals surface area contributed by atoms with E-state index in [1.807, 2.05) is 42.5 Å². The molecule has 0 spiro atoms. The van der Waals surface area contributed by atoms with Gasteiger partial charge in [0.2, 0.25) is 0 Å². The number of halogens is 1. The first-order valence-corrected chi connectivity index (χ1v) is 10.7. The standard InChI is InChI=1S/C24H21BrN2O4/c1-2-27-21-6-4-3-5-19(21)20-13-17(9-12-22(20)27)26-23(28)14-31-24(29)15-30-18-10-7-16(25)8-11-18/h3-13H,2,14-15H2,1H3,(H,26,28). The molecule has 0 saturated heterocycles. The van der Waals surface area contributed by atoms with Crippen molar-refractivity contribution in [3.05, 3.63) is 71.2 Å². The molecule has 0 aliphatic rings. The molecule has 3 aromatic carbocycles. The number of amides is 1. The van der Waals surface area contributed by atoms with Gasteiger partial charge in [0.15, 0.2) is 13.2 Å². The normalized spacial score (nSPS) is 10.9. The third kappa shape index (κ3) is 4.72. The number of hydrogen-bond acceptors (Lipinski definition) is 4. The first-order chi connectivity index (χ1) is 15.0. The largest absolute Gasteiger partial charge is 0.482 e. The molecule has 158 valence electrons. The molecule has 1 heterocycles. The number of carbonyl (C=O) groups is 2. The Morgan fingerprint density at radius 2 is 1.68 bits per heavy atom. The Morgan fingerprint density at radius 1 is 0.935 bits per heavy atom. The van der Waals surface area contributed by atoms with Gasteiger partial charge in [-0.15, -0.1) is 0 Å². The van der Waals surface area contributed by atoms with E-state index in [1.165, 1.54) is 0 Å². The van der Waals surface area contributed by atoms with Gasteiger partial charge in [0, 0.05) is 38.5 Å². The van der Waals surface area contributed by atoms with E-state index in [0.29, 0.717) is 11.4 Å². The van der Waals surface area contributed by atoms with Gasteiger partial charge in [-0.3, -0.25) is 4.79 Å². The molecule has 0 fully saturated rings. The summed E-state index contributed by atoms with van der Waals surface area (Å²) in [7, 11) is 0. The number of rotatable bonds is 7. The number of aromatic nitrogens is 1. The molecule has 6 nitrogen and oxygen atoms in total. The lowest BCUT2D eigenvalue weighted by Gasteiger charge is -2.08. The van der Waals surface area contributed by atoms with Gasteiger partial charge >= 0.3 is 5.97 Å². The van der Waals surface area contributed by atoms with Crippen LogP contribution in [0.25, 0.3) is 21.8 Å². The molecule has 0 unspecified atom stereocenters. The number of para-hydroxylation sites is 1. The Morgan fingerprint density at radius 3 is 2.45 bits per heavy atom. The highest BCUT2D eigenvalue weighted by Crippen LogP contribution is 2.30. The van der Waals surface area contributed by atoms with Gasteiger partial charge in [-0.1, -0.05) is 34.1 Å². The Kier molecular flexibility index (Phi) is 6.23. The van der Waals surface area contributed by atoms with E-state index in [-0.39, 0.29) is 13.2 Å². The molecule has 1 N–H and O–H groups in total. The number of hydrogen-bond donors (Lipinski definition) is 1. The molecule has 0 aliphatic heterocycles. The van der Waals surface area contributed by atoms with Crippen LogP contribution in [0.4, 0.5) is 5.69 Å². The monoisotopic (exact) mass is 480 g/mol. The van der Waals surface area contributed by atoms with Crippen LogP contribution in [-0.4, -0.2) is 29.7 Å². The first-order valence-electron chi connectivity index (χ1n) is 9.90. The number of aryl methyl sites for hydroxylation is 1. The van der Waals surface area contributed by atoms with E-state index in [1.54, 1.807) is 12.1 Å². The van der Waals surface area contributed by atoms with Gasteiger partial charge < -0.3 is 19.4 Å². The summed E-state index contributed by atoms with van der Waals surface area (Å²) >= 11 is 3.33. The van der Waals surface area contributed by atoms with Gasteiger partial charge in [-0.25, -0.2) is 4.79 Å². The fourth-order valence-electron chi connectivity index (χ4n) is 3.53. The van der Waals surface area contributed by atoms with Crippen LogP contribution in [0.5, 0.6) is 5.75 Å². The van der Waals surface area contributed by atoms with E-state index in [0.717, 1.165) is 32.8 Å². The minimum atomic E-state index is -0.612. The topological polar surface area (TPSA) is 69.6 Å². The summed E-state index contributed by atoms with van der Waals surface area (Å²) in [4.78, 5) is 24.1. The highest BCUT2D eigenvalue weighted by molar-refractivity contribution is 9.10. The molecule has 0 bridgehead atoms. The lowest BCUT2D eigenvalue weighted by atomic mass is 10.1. The molecule has 31 heavy (non-hydrogen) atoms. The minimum absolute atomic E-state index is 0.266. The summed E-state index contributed by atoms with van der Waals surface area (Å²) in [5.41, 5.74) is 2.92. The minimum Gasteiger partial charge on any atom is -0.482 e. The van der Waals surface area contributed by atoms with Crippen LogP contribution >= 0.6 is 15.9 Å². The zero-order valence-corrected chi connectivity index (χ0v) is 18.5. The van der Waals surface area contributed by atoms with Crippen molar-refractivity contribution in [1.29, 1.82) is 0 Å². The summed E-state index contributed by atoms with van der Waals surface area (Å²) < 4.78 is 13.5. The SMILES string of the molecule is CCn1c2ccccc2c2cc(NC(=O)COC(=O)COc3ccc(Br)cc3)ccc21. The van der Waals surface area contributed by atoms with Gasteiger partial charge in [0.25, 0.3) is 5.91 Å². The van der Waals surface area contributed by atoms with Crippen molar-refractivity contribution in [3.63, 3.8) is 0 Å². The number of nitrogens with one attached hydrogen (secondary N) is 1. The van der Waals surface area contributed by atoms with E-state index in [9.17, 15) is 9.59 Å². The third-order valence-corrected chi connectivity index (χ3v) is 5.44. The summed E-state index contributed by atoms with van der Waals surface area (Å²) in [5.74, 6) is -0.473. The van der Waals surface area contributed by atoms with Crippen LogP contribution in [0, 0.1) is 0 Å². The van der Waals surface area contributed by atoms with Crippen molar-refractivity contribution >= 4 is 55.3 Å². The van der Waals surface area contributed by atoms with Crippen molar-refractivity contribution in [1.82, 2.24) is 4.57 Å². The second kappa shape index (κ2) is 9.22. The molecule has 1 amide bonds. The van der Waals surface area contributed by atoms with Gasteiger partial charge in [-0.2, -0.15) is 0 Å². The Hall–Kier alpha value is -3.32. The van der Waals surface area contributed by atoms with E-state index in [2.05, 4.69) is 44.9 Å². The average Bonchev–Trinajstić information content (AvgIpc) is 3.10. The van der Waals surface area contributed by atoms with Crippen LogP contribution in [-0.2, 0) is 20.9 Å². The lowest BCUT2D eigenvalue weighted by Crippen LogP contribution is -2.23. The second-order valence-electron chi connectivity index (χ2n) is 6.94. The van der Waals surface area contributed by atoms with Gasteiger partial charge in [0.1, 0.15) is 5.75 Å². The van der Waals surface area contributed by atoms with E-state index in [4.69, 9.17) is 9.47 Å². The predicted molar refractivity (Wildman–Crippen MR) is 124 cm³/mol. The van der Waals surface area contributed by atoms with Crippen molar-refractivity contribution < 1.29 is 19.1 Å². The summed E-state index contributed by atoms with van der Waals surface area (Å²) in [6.45, 7) is 2.32. The molecule has 7 heteroatoms. The maximum Gasteiger partial charge on any atom is 0.344 e. The molecule has 4 rings (SSSR count). The first kappa shape index (κ1) is 20.9. The van der Waals surface area contributed by atoms with Crippen molar-refractivity contribution in [2.75, 3.05) is 18.5 Å². The molecule has 0 radical (unpaired) electrons. The Bertz CT molecular complexity index is 1250. The Balaban J connectivity index is 1.36. The Labute approximate surface area is 187 Å². The summed E-state index contributed by atoms with van der Waals surface area (Å²) in [6.07, 6.45) is 0. The number of ether oxygens (including phenoxy) is 2. The van der Waals surface area contributed by atoms with Crippen molar-refractivity contribution in [2.24, 2.45) is 0 Å². The smallest absolute Gasteiger partial charge is 0.344 e. The third-order valence-electron chi connectivity index (χ3n) is 4.91. The number of nitrogens with zero attached hydrogens (tertiary/aromatic N) is 1. The number of benzene rings is 3. The number of carbonyl (C=O) groups excluding carboxylic acids is 2. The summed E-state index contributed by atoms with van der Waals surface area (Å²) in [5, 5.41) is 4.99. The van der Waals surface area contributed by atoms with Crippen molar-refractivity contribution in [3.8, 4) is 5.75 Å². The molecular formula is C24H21BrN2O4. The van der Waals surface area contributed by atoms with Gasteiger partial charge in [0.05, 0.1) is 0 Å². The van der Waals surface area contributed by atoms with Crippen LogP contribution in [0.3, 0.4) is 0 Å². The molecule has 1 aromatic heterocycles.